The summed E-state index contributed by atoms with van der Waals surface area (Å²) in [5.41, 5.74) is 7.45. The van der Waals surface area contributed by atoms with Crippen molar-refractivity contribution in [3.8, 4) is 11.3 Å². The summed E-state index contributed by atoms with van der Waals surface area (Å²) in [5, 5.41) is 5.55. The topological polar surface area (TPSA) is 170 Å². The first-order valence-electron chi connectivity index (χ1n) is 18.7. The Hall–Kier alpha value is -5.10. The van der Waals surface area contributed by atoms with Crippen LogP contribution in [0.25, 0.3) is 11.3 Å². The van der Waals surface area contributed by atoms with Crippen molar-refractivity contribution in [2.45, 2.75) is 37.6 Å². The molecule has 2 aromatic carbocycles. The molecule has 2 fully saturated rings. The van der Waals surface area contributed by atoms with Crippen LogP contribution in [0.15, 0.2) is 66.9 Å². The summed E-state index contributed by atoms with van der Waals surface area (Å²) in [5.74, 6) is -3.21. The lowest BCUT2D eigenvalue weighted by Crippen LogP contribution is -2.52. The molecule has 1 aromatic heterocycles. The van der Waals surface area contributed by atoms with Crippen molar-refractivity contribution >= 4 is 23.8 Å². The molecule has 300 valence electrons. The van der Waals surface area contributed by atoms with E-state index in [-0.39, 0.29) is 63.1 Å². The summed E-state index contributed by atoms with van der Waals surface area (Å²) in [7, 11) is 0. The molecule has 14 nitrogen and oxygen atoms in total. The fourth-order valence-corrected chi connectivity index (χ4v) is 7.14. The lowest BCUT2D eigenvalue weighted by molar-refractivity contribution is -0.140. The molecule has 4 N–H and O–H groups in total. The molecule has 3 aliphatic rings. The van der Waals surface area contributed by atoms with E-state index < -0.39 is 66.2 Å². The van der Waals surface area contributed by atoms with Crippen LogP contribution in [0.5, 0.6) is 0 Å². The van der Waals surface area contributed by atoms with E-state index in [0.717, 1.165) is 28.7 Å². The standard InChI is InChI=1S/C39H46F3N7O7/c40-28-6-7-30(41)29(18-28)33-23-47(21-25-4-2-1-3-5-25)37(46-33)36(26-10-14-54-15-11-26)49(22-27-19-44-20-31(27)42)38(52)32(43)24-56-39(53)45-12-16-55-17-13-48-34(50)8-9-35(48)51/h1-9,18,23,26-27,31-32,36,44H,10-17,19-22,24,43H2,(H,45,53)/t27-,31-,32?,36+/m0/s1. The molecule has 3 aliphatic heterocycles. The van der Waals surface area contributed by atoms with Crippen LogP contribution in [0.1, 0.15) is 30.3 Å². The number of nitrogens with zero attached hydrogens (tertiary/aromatic N) is 4. The zero-order chi connectivity index (χ0) is 39.6. The van der Waals surface area contributed by atoms with Gasteiger partial charge < -0.3 is 40.0 Å². The zero-order valence-electron chi connectivity index (χ0n) is 30.8. The molecule has 0 spiro atoms. The number of imidazole rings is 1. The summed E-state index contributed by atoms with van der Waals surface area (Å²) in [6.45, 7) is 1.17. The summed E-state index contributed by atoms with van der Waals surface area (Å²) in [6.07, 6.45) is 2.92. The molecule has 0 saturated carbocycles. The number of halogens is 3. The van der Waals surface area contributed by atoms with Crippen molar-refractivity contribution in [3.63, 3.8) is 0 Å². The van der Waals surface area contributed by atoms with Crippen LogP contribution in [0.2, 0.25) is 0 Å². The van der Waals surface area contributed by atoms with Gasteiger partial charge in [-0.25, -0.2) is 22.9 Å². The van der Waals surface area contributed by atoms with Gasteiger partial charge in [0.15, 0.2) is 0 Å². The van der Waals surface area contributed by atoms with Crippen molar-refractivity contribution in [1.82, 2.24) is 30.0 Å². The van der Waals surface area contributed by atoms with E-state index in [1.807, 2.05) is 34.9 Å². The number of imide groups is 1. The number of rotatable bonds is 17. The molecule has 0 radical (unpaired) electrons. The molecule has 1 unspecified atom stereocenters. The number of amides is 4. The van der Waals surface area contributed by atoms with E-state index in [2.05, 4.69) is 10.6 Å². The normalized spacial score (nSPS) is 19.7. The first-order valence-corrected chi connectivity index (χ1v) is 18.7. The second-order valence-electron chi connectivity index (χ2n) is 13.9. The number of alkyl carbamates (subject to hydrolysis) is 1. The fourth-order valence-electron chi connectivity index (χ4n) is 7.14. The second kappa shape index (κ2) is 19.2. The SMILES string of the molecule is NC(COC(=O)NCCOCCN1C(=O)C=CC1=O)C(=O)N(C[C@@H]1CNC[C@@H]1F)[C@@H](c1nc(-c2cc(F)ccc2F)cn1Cc1ccccc1)C1CCOCC1. The van der Waals surface area contributed by atoms with Gasteiger partial charge in [-0.05, 0) is 42.5 Å². The van der Waals surface area contributed by atoms with Gasteiger partial charge >= 0.3 is 6.09 Å². The maximum absolute atomic E-state index is 15.3. The third-order valence-corrected chi connectivity index (χ3v) is 10.1. The minimum Gasteiger partial charge on any atom is -0.447 e. The van der Waals surface area contributed by atoms with Crippen LogP contribution in [0.3, 0.4) is 0 Å². The van der Waals surface area contributed by atoms with Crippen LogP contribution >= 0.6 is 0 Å². The first-order chi connectivity index (χ1) is 27.1. The summed E-state index contributed by atoms with van der Waals surface area (Å²) in [4.78, 5) is 57.9. The molecule has 17 heteroatoms. The van der Waals surface area contributed by atoms with Crippen molar-refractivity contribution in [3.05, 3.63) is 89.9 Å². The number of benzene rings is 2. The molecular formula is C39H46F3N7O7. The molecule has 2 saturated heterocycles. The lowest BCUT2D eigenvalue weighted by Gasteiger charge is -2.40. The van der Waals surface area contributed by atoms with Gasteiger partial charge in [0.25, 0.3) is 11.8 Å². The highest BCUT2D eigenvalue weighted by Crippen LogP contribution is 2.38. The van der Waals surface area contributed by atoms with E-state index in [1.165, 1.54) is 17.1 Å². The summed E-state index contributed by atoms with van der Waals surface area (Å²) in [6, 6.07) is 10.4. The molecule has 56 heavy (non-hydrogen) atoms. The van der Waals surface area contributed by atoms with Gasteiger partial charge in [-0.15, -0.1) is 0 Å². The third-order valence-electron chi connectivity index (χ3n) is 10.1. The van der Waals surface area contributed by atoms with E-state index in [4.69, 9.17) is 24.9 Å². The lowest BCUT2D eigenvalue weighted by atomic mass is 9.88. The summed E-state index contributed by atoms with van der Waals surface area (Å²) < 4.78 is 63.2. The second-order valence-corrected chi connectivity index (χ2v) is 13.9. The Morgan fingerprint density at radius 3 is 2.52 bits per heavy atom. The highest BCUT2D eigenvalue weighted by Gasteiger charge is 2.41. The quantitative estimate of drug-likeness (QED) is 0.137. The van der Waals surface area contributed by atoms with E-state index in [0.29, 0.717) is 38.4 Å². The molecule has 6 rings (SSSR count). The number of nitrogens with one attached hydrogen (secondary N) is 2. The van der Waals surface area contributed by atoms with Gasteiger partial charge in [0, 0.05) is 75.8 Å². The molecule has 0 bridgehead atoms. The van der Waals surface area contributed by atoms with Crippen molar-refractivity contribution in [2.75, 3.05) is 65.8 Å². The Bertz CT molecular complexity index is 1860. The maximum Gasteiger partial charge on any atom is 0.407 e. The fraction of sp³-hybridized carbons (Fsp3) is 0.462. The van der Waals surface area contributed by atoms with Crippen LogP contribution in [-0.4, -0.2) is 121 Å². The number of carbonyl (C=O) groups excluding carboxylic acids is 4. The third kappa shape index (κ3) is 10.2. The molecule has 0 aliphatic carbocycles. The van der Waals surface area contributed by atoms with Gasteiger partial charge in [-0.3, -0.25) is 19.3 Å². The van der Waals surface area contributed by atoms with E-state index >= 15 is 8.78 Å². The van der Waals surface area contributed by atoms with Crippen LogP contribution in [0.4, 0.5) is 18.0 Å². The maximum atomic E-state index is 15.3. The number of hydrogen-bond acceptors (Lipinski definition) is 10. The Labute approximate surface area is 322 Å². The van der Waals surface area contributed by atoms with Gasteiger partial charge in [-0.1, -0.05) is 30.3 Å². The minimum atomic E-state index is -1.35. The number of ether oxygens (including phenoxy) is 3. The van der Waals surface area contributed by atoms with Crippen molar-refractivity contribution in [2.24, 2.45) is 17.6 Å². The van der Waals surface area contributed by atoms with Gasteiger partial charge in [0.2, 0.25) is 5.91 Å². The Balaban J connectivity index is 1.22. The predicted molar refractivity (Wildman–Crippen MR) is 196 cm³/mol. The first kappa shape index (κ1) is 40.6. The minimum absolute atomic E-state index is 0.0327. The average Bonchev–Trinajstić information content (AvgIpc) is 3.90. The Kier molecular flexibility index (Phi) is 13.9. The Morgan fingerprint density at radius 2 is 1.80 bits per heavy atom. The van der Waals surface area contributed by atoms with Crippen LogP contribution in [0, 0.1) is 23.5 Å². The molecular weight excluding hydrogens is 735 g/mol. The monoisotopic (exact) mass is 781 g/mol. The molecule has 3 aromatic rings. The average molecular weight is 782 g/mol. The van der Waals surface area contributed by atoms with E-state index in [9.17, 15) is 23.6 Å². The van der Waals surface area contributed by atoms with Crippen molar-refractivity contribution in [1.29, 1.82) is 0 Å². The highest BCUT2D eigenvalue weighted by molar-refractivity contribution is 6.12. The van der Waals surface area contributed by atoms with Gasteiger partial charge in [-0.2, -0.15) is 0 Å². The largest absolute Gasteiger partial charge is 0.447 e. The smallest absolute Gasteiger partial charge is 0.407 e. The predicted octanol–water partition coefficient (Wildman–Crippen LogP) is 2.73. The van der Waals surface area contributed by atoms with Crippen molar-refractivity contribution < 1.29 is 46.6 Å². The van der Waals surface area contributed by atoms with Gasteiger partial charge in [0.1, 0.15) is 36.3 Å². The van der Waals surface area contributed by atoms with Gasteiger partial charge in [0.05, 0.1) is 31.5 Å². The summed E-state index contributed by atoms with van der Waals surface area (Å²) >= 11 is 0. The number of hydrogen-bond donors (Lipinski definition) is 3. The number of alkyl halides is 1. The molecule has 4 heterocycles. The number of carbonyl (C=O) groups is 4. The van der Waals surface area contributed by atoms with E-state index in [1.54, 1.807) is 6.20 Å². The van der Waals surface area contributed by atoms with Crippen LogP contribution in [-0.2, 0) is 35.1 Å². The zero-order valence-corrected chi connectivity index (χ0v) is 30.8. The number of aromatic nitrogens is 2. The Morgan fingerprint density at radius 1 is 1.05 bits per heavy atom. The van der Waals surface area contributed by atoms with Crippen LogP contribution < -0.4 is 16.4 Å². The number of nitrogens with two attached hydrogens (primary N) is 1. The molecule has 4 atom stereocenters. The molecule has 4 amide bonds. The highest BCUT2D eigenvalue weighted by atomic mass is 19.1.